The van der Waals surface area contributed by atoms with Crippen LogP contribution in [0, 0.1) is 11.9 Å². The molecular weight excluding hydrogens is 190 g/mol. The Bertz CT molecular complexity index is 404. The minimum atomic E-state index is -4.15. The number of nitrogens with two attached hydrogens (primary N) is 1. The molecule has 12 heavy (non-hydrogen) atoms. The average Bonchev–Trinajstić information content (AvgIpc) is 1.83. The van der Waals surface area contributed by atoms with E-state index in [9.17, 15) is 17.2 Å². The summed E-state index contributed by atoms with van der Waals surface area (Å²) in [5.41, 5.74) is 0. The second-order valence-corrected chi connectivity index (χ2v) is 3.50. The molecule has 2 N–H and O–H groups in total. The van der Waals surface area contributed by atoms with Gasteiger partial charge in [-0.05, 0) is 12.1 Å². The van der Waals surface area contributed by atoms with E-state index in [4.69, 9.17) is 0 Å². The Kier molecular flexibility index (Phi) is 2.07. The van der Waals surface area contributed by atoms with Gasteiger partial charge in [0.05, 0.1) is 0 Å². The fourth-order valence-corrected chi connectivity index (χ4v) is 1.15. The molecule has 1 heterocycles. The molecule has 0 amide bonds. The van der Waals surface area contributed by atoms with E-state index >= 15 is 0 Å². The lowest BCUT2D eigenvalue weighted by Crippen LogP contribution is -2.15. The van der Waals surface area contributed by atoms with Gasteiger partial charge in [-0.25, -0.2) is 13.6 Å². The van der Waals surface area contributed by atoms with Gasteiger partial charge in [0.1, 0.15) is 4.90 Å². The molecule has 1 rings (SSSR count). The molecule has 0 aliphatic carbocycles. The van der Waals surface area contributed by atoms with Gasteiger partial charge in [0.15, 0.2) is 0 Å². The lowest BCUT2D eigenvalue weighted by molar-refractivity contribution is 0.489. The molecule has 0 aliphatic heterocycles. The van der Waals surface area contributed by atoms with Crippen LogP contribution in [0.1, 0.15) is 0 Å². The van der Waals surface area contributed by atoms with Crippen molar-refractivity contribution < 1.29 is 17.2 Å². The standard InChI is InChI=1S/C5H4F2N2O2S/c6-4-2-1-3(5(7)9-4)12(8,10)11/h1-2H,(H2,8,10,11). The van der Waals surface area contributed by atoms with Crippen molar-refractivity contribution in [1.82, 2.24) is 4.98 Å². The zero-order chi connectivity index (χ0) is 9.35. The van der Waals surface area contributed by atoms with Crippen molar-refractivity contribution in [2.75, 3.05) is 0 Å². The predicted molar refractivity (Wildman–Crippen MR) is 35.5 cm³/mol. The van der Waals surface area contributed by atoms with Crippen molar-refractivity contribution in [3.8, 4) is 0 Å². The summed E-state index contributed by atoms with van der Waals surface area (Å²) in [7, 11) is -4.15. The zero-order valence-electron chi connectivity index (χ0n) is 5.66. The predicted octanol–water partition coefficient (Wildman–Crippen LogP) is 0.00720. The van der Waals surface area contributed by atoms with Crippen molar-refractivity contribution >= 4 is 10.0 Å². The zero-order valence-corrected chi connectivity index (χ0v) is 6.48. The topological polar surface area (TPSA) is 73.1 Å². The molecule has 0 fully saturated rings. The first-order valence-corrected chi connectivity index (χ1v) is 4.31. The molecule has 66 valence electrons. The van der Waals surface area contributed by atoms with Gasteiger partial charge in [-0.3, -0.25) is 0 Å². The van der Waals surface area contributed by atoms with Crippen LogP contribution in [0.4, 0.5) is 8.78 Å². The van der Waals surface area contributed by atoms with Crippen molar-refractivity contribution in [2.24, 2.45) is 5.14 Å². The number of hydrogen-bond donors (Lipinski definition) is 1. The van der Waals surface area contributed by atoms with Crippen molar-refractivity contribution in [2.45, 2.75) is 4.90 Å². The smallest absolute Gasteiger partial charge is 0.224 e. The molecule has 0 bridgehead atoms. The number of nitrogens with zero attached hydrogens (tertiary/aromatic N) is 1. The summed E-state index contributed by atoms with van der Waals surface area (Å²) >= 11 is 0. The summed E-state index contributed by atoms with van der Waals surface area (Å²) in [6.45, 7) is 0. The van der Waals surface area contributed by atoms with Gasteiger partial charge in [-0.15, -0.1) is 0 Å². The van der Waals surface area contributed by atoms with E-state index in [-0.39, 0.29) is 0 Å². The highest BCUT2D eigenvalue weighted by Crippen LogP contribution is 2.09. The average molecular weight is 194 g/mol. The Morgan fingerprint density at radius 1 is 1.33 bits per heavy atom. The molecule has 1 aromatic rings. The van der Waals surface area contributed by atoms with Crippen molar-refractivity contribution in [1.29, 1.82) is 0 Å². The molecule has 0 aliphatic rings. The lowest BCUT2D eigenvalue weighted by atomic mass is 10.5. The van der Waals surface area contributed by atoms with E-state index in [0.29, 0.717) is 12.1 Å². The van der Waals surface area contributed by atoms with E-state index in [1.165, 1.54) is 0 Å². The monoisotopic (exact) mass is 194 g/mol. The third-order valence-electron chi connectivity index (χ3n) is 1.09. The lowest BCUT2D eigenvalue weighted by Gasteiger charge is -1.97. The fourth-order valence-electron chi connectivity index (χ4n) is 0.612. The normalized spacial score (nSPS) is 11.6. The molecule has 0 saturated carbocycles. The van der Waals surface area contributed by atoms with Gasteiger partial charge in [0, 0.05) is 0 Å². The number of sulfonamides is 1. The molecule has 0 atom stereocenters. The number of aromatic nitrogens is 1. The largest absolute Gasteiger partial charge is 0.242 e. The van der Waals surface area contributed by atoms with Crippen LogP contribution in [0.3, 0.4) is 0 Å². The highest BCUT2D eigenvalue weighted by atomic mass is 32.2. The first kappa shape index (κ1) is 9.01. The molecule has 0 spiro atoms. The highest BCUT2D eigenvalue weighted by Gasteiger charge is 2.15. The molecule has 7 heteroatoms. The molecule has 0 aromatic carbocycles. The van der Waals surface area contributed by atoms with E-state index in [1.807, 2.05) is 0 Å². The Labute approximate surface area is 67.1 Å². The van der Waals surface area contributed by atoms with Crippen molar-refractivity contribution in [3.63, 3.8) is 0 Å². The van der Waals surface area contributed by atoms with Crippen LogP contribution in [0.2, 0.25) is 0 Å². The SMILES string of the molecule is NS(=O)(=O)c1ccc(F)nc1F. The van der Waals surface area contributed by atoms with Gasteiger partial charge >= 0.3 is 0 Å². The highest BCUT2D eigenvalue weighted by molar-refractivity contribution is 7.89. The Morgan fingerprint density at radius 2 is 1.92 bits per heavy atom. The number of halogens is 2. The molecule has 0 radical (unpaired) electrons. The Hall–Kier alpha value is -1.08. The Balaban J connectivity index is 3.39. The quantitative estimate of drug-likeness (QED) is 0.640. The summed E-state index contributed by atoms with van der Waals surface area (Å²) in [4.78, 5) is 1.83. The van der Waals surface area contributed by atoms with Gasteiger partial charge in [0.25, 0.3) is 0 Å². The van der Waals surface area contributed by atoms with Crippen LogP contribution >= 0.6 is 0 Å². The maximum absolute atomic E-state index is 12.5. The molecule has 1 aromatic heterocycles. The molecule has 0 saturated heterocycles. The first-order valence-electron chi connectivity index (χ1n) is 2.76. The maximum Gasteiger partial charge on any atom is 0.242 e. The second-order valence-electron chi connectivity index (χ2n) is 1.97. The fraction of sp³-hybridized carbons (Fsp3) is 0. The summed E-state index contributed by atoms with van der Waals surface area (Å²) in [6, 6.07) is 1.43. The minimum absolute atomic E-state index is 0.711. The van der Waals surface area contributed by atoms with Crippen LogP contribution in [0.5, 0.6) is 0 Å². The third kappa shape index (κ3) is 1.74. The summed E-state index contributed by atoms with van der Waals surface area (Å²) < 4.78 is 45.8. The first-order chi connectivity index (χ1) is 5.41. The van der Waals surface area contributed by atoms with E-state index in [0.717, 1.165) is 0 Å². The van der Waals surface area contributed by atoms with Crippen LogP contribution in [-0.2, 0) is 10.0 Å². The maximum atomic E-state index is 12.5. The number of rotatable bonds is 1. The number of primary sulfonamides is 1. The molecular formula is C5H4F2N2O2S. The summed E-state index contributed by atoms with van der Waals surface area (Å²) in [6.07, 6.45) is 0. The Morgan fingerprint density at radius 3 is 2.33 bits per heavy atom. The van der Waals surface area contributed by atoms with Gasteiger partial charge < -0.3 is 0 Å². The van der Waals surface area contributed by atoms with Crippen molar-refractivity contribution in [3.05, 3.63) is 24.0 Å². The van der Waals surface area contributed by atoms with Crippen LogP contribution in [0.15, 0.2) is 17.0 Å². The number of hydrogen-bond acceptors (Lipinski definition) is 3. The van der Waals surface area contributed by atoms with Gasteiger partial charge in [0.2, 0.25) is 21.9 Å². The van der Waals surface area contributed by atoms with Gasteiger partial charge in [-0.1, -0.05) is 0 Å². The van der Waals surface area contributed by atoms with Crippen LogP contribution in [-0.4, -0.2) is 13.4 Å². The second kappa shape index (κ2) is 2.76. The summed E-state index contributed by atoms with van der Waals surface area (Å²) in [5, 5.41) is 4.58. The third-order valence-corrected chi connectivity index (χ3v) is 2.00. The minimum Gasteiger partial charge on any atom is -0.224 e. The molecule has 4 nitrogen and oxygen atoms in total. The van der Waals surface area contributed by atoms with Crippen LogP contribution < -0.4 is 5.14 Å². The van der Waals surface area contributed by atoms with E-state index in [1.54, 1.807) is 0 Å². The van der Waals surface area contributed by atoms with E-state index < -0.39 is 26.8 Å². The van der Waals surface area contributed by atoms with Gasteiger partial charge in [-0.2, -0.15) is 13.8 Å². The van der Waals surface area contributed by atoms with E-state index in [2.05, 4.69) is 10.1 Å². The number of pyridine rings is 1. The molecule has 0 unspecified atom stereocenters. The summed E-state index contributed by atoms with van der Waals surface area (Å²) in [5.74, 6) is -2.53. The van der Waals surface area contributed by atoms with Crippen LogP contribution in [0.25, 0.3) is 0 Å².